The predicted molar refractivity (Wildman–Crippen MR) is 56.2 cm³/mol. The number of methoxy groups -OCH3 is 1. The van der Waals surface area contributed by atoms with Crippen molar-refractivity contribution in [2.75, 3.05) is 13.7 Å². The molecule has 15 heavy (non-hydrogen) atoms. The lowest BCUT2D eigenvalue weighted by Gasteiger charge is -2.16. The SMILES string of the molecule is COCC(NCc1ncnn1C)C1CC1. The quantitative estimate of drug-likeness (QED) is 0.735. The van der Waals surface area contributed by atoms with Crippen molar-refractivity contribution in [2.45, 2.75) is 25.4 Å². The molecule has 0 aromatic carbocycles. The molecule has 0 spiro atoms. The van der Waals surface area contributed by atoms with Gasteiger partial charge in [0.2, 0.25) is 0 Å². The first-order valence-electron chi connectivity index (χ1n) is 5.36. The summed E-state index contributed by atoms with van der Waals surface area (Å²) in [6.07, 6.45) is 4.22. The first-order chi connectivity index (χ1) is 7.31. The zero-order valence-electron chi connectivity index (χ0n) is 9.31. The minimum Gasteiger partial charge on any atom is -0.383 e. The second-order valence-corrected chi connectivity index (χ2v) is 4.08. The van der Waals surface area contributed by atoms with E-state index in [0.29, 0.717) is 6.04 Å². The van der Waals surface area contributed by atoms with Crippen molar-refractivity contribution in [1.29, 1.82) is 0 Å². The molecule has 2 rings (SSSR count). The van der Waals surface area contributed by atoms with Crippen LogP contribution in [0.2, 0.25) is 0 Å². The number of rotatable bonds is 6. The van der Waals surface area contributed by atoms with Crippen LogP contribution < -0.4 is 5.32 Å². The topological polar surface area (TPSA) is 52.0 Å². The number of hydrogen-bond acceptors (Lipinski definition) is 4. The van der Waals surface area contributed by atoms with Gasteiger partial charge in [-0.3, -0.25) is 4.68 Å². The average Bonchev–Trinajstić information content (AvgIpc) is 2.98. The molecule has 0 radical (unpaired) electrons. The fraction of sp³-hybridized carbons (Fsp3) is 0.800. The molecule has 1 fully saturated rings. The van der Waals surface area contributed by atoms with Crippen LogP contribution in [0, 0.1) is 5.92 Å². The van der Waals surface area contributed by atoms with Crippen molar-refractivity contribution in [3.05, 3.63) is 12.2 Å². The molecule has 0 bridgehead atoms. The fourth-order valence-electron chi connectivity index (χ4n) is 1.74. The summed E-state index contributed by atoms with van der Waals surface area (Å²) in [5.41, 5.74) is 0. The second-order valence-electron chi connectivity index (χ2n) is 4.08. The standard InChI is InChI=1S/C10H18N4O/c1-14-10(12-7-13-14)5-11-9(6-15-2)8-3-4-8/h7-9,11H,3-6H2,1-2H3. The molecule has 5 nitrogen and oxygen atoms in total. The van der Waals surface area contributed by atoms with E-state index in [1.54, 1.807) is 18.1 Å². The average molecular weight is 210 g/mol. The maximum Gasteiger partial charge on any atom is 0.140 e. The fourth-order valence-corrected chi connectivity index (χ4v) is 1.74. The molecule has 0 saturated heterocycles. The van der Waals surface area contributed by atoms with Gasteiger partial charge in [0.1, 0.15) is 12.2 Å². The molecule has 1 aromatic heterocycles. The van der Waals surface area contributed by atoms with Crippen LogP contribution in [0.5, 0.6) is 0 Å². The van der Waals surface area contributed by atoms with Gasteiger partial charge in [-0.25, -0.2) is 4.98 Å². The van der Waals surface area contributed by atoms with Crippen LogP contribution in [-0.4, -0.2) is 34.5 Å². The van der Waals surface area contributed by atoms with Crippen LogP contribution in [0.3, 0.4) is 0 Å². The molecule has 1 aliphatic carbocycles. The summed E-state index contributed by atoms with van der Waals surface area (Å²) in [6.45, 7) is 1.55. The lowest BCUT2D eigenvalue weighted by Crippen LogP contribution is -2.35. The van der Waals surface area contributed by atoms with Gasteiger partial charge >= 0.3 is 0 Å². The van der Waals surface area contributed by atoms with Crippen molar-refractivity contribution in [1.82, 2.24) is 20.1 Å². The van der Waals surface area contributed by atoms with Gasteiger partial charge in [0.15, 0.2) is 0 Å². The van der Waals surface area contributed by atoms with E-state index in [-0.39, 0.29) is 0 Å². The van der Waals surface area contributed by atoms with Gasteiger partial charge < -0.3 is 10.1 Å². The molecular formula is C10H18N4O. The lowest BCUT2D eigenvalue weighted by molar-refractivity contribution is 0.156. The Morgan fingerprint density at radius 3 is 3.00 bits per heavy atom. The summed E-state index contributed by atoms with van der Waals surface area (Å²) < 4.78 is 7.00. The molecule has 1 N–H and O–H groups in total. The Labute approximate surface area is 89.8 Å². The summed E-state index contributed by atoms with van der Waals surface area (Å²) >= 11 is 0. The van der Waals surface area contributed by atoms with E-state index in [1.165, 1.54) is 12.8 Å². The van der Waals surface area contributed by atoms with Gasteiger partial charge in [-0.05, 0) is 18.8 Å². The summed E-state index contributed by atoms with van der Waals surface area (Å²) in [5, 5.41) is 7.51. The summed E-state index contributed by atoms with van der Waals surface area (Å²) in [4.78, 5) is 4.18. The molecule has 1 aliphatic rings. The summed E-state index contributed by atoms with van der Waals surface area (Å²) in [6, 6.07) is 0.465. The minimum absolute atomic E-state index is 0.465. The van der Waals surface area contributed by atoms with Gasteiger partial charge in [0.05, 0.1) is 13.2 Å². The number of nitrogens with zero attached hydrogens (tertiary/aromatic N) is 3. The van der Waals surface area contributed by atoms with Crippen LogP contribution >= 0.6 is 0 Å². The molecule has 1 heterocycles. The van der Waals surface area contributed by atoms with E-state index < -0.39 is 0 Å². The first-order valence-corrected chi connectivity index (χ1v) is 5.36. The van der Waals surface area contributed by atoms with Crippen LogP contribution in [0.15, 0.2) is 6.33 Å². The largest absolute Gasteiger partial charge is 0.383 e. The third-order valence-corrected chi connectivity index (χ3v) is 2.86. The van der Waals surface area contributed by atoms with Crippen LogP contribution in [0.1, 0.15) is 18.7 Å². The second kappa shape index (κ2) is 4.72. The summed E-state index contributed by atoms with van der Waals surface area (Å²) in [5.74, 6) is 1.76. The van der Waals surface area contributed by atoms with E-state index in [0.717, 1.165) is 24.9 Å². The van der Waals surface area contributed by atoms with Crippen LogP contribution in [-0.2, 0) is 18.3 Å². The molecule has 1 unspecified atom stereocenters. The highest BCUT2D eigenvalue weighted by atomic mass is 16.5. The van der Waals surface area contributed by atoms with Crippen molar-refractivity contribution in [2.24, 2.45) is 13.0 Å². The monoisotopic (exact) mass is 210 g/mol. The molecule has 1 saturated carbocycles. The van der Waals surface area contributed by atoms with Gasteiger partial charge in [-0.15, -0.1) is 0 Å². The van der Waals surface area contributed by atoms with Crippen molar-refractivity contribution < 1.29 is 4.74 Å². The number of aryl methyl sites for hydroxylation is 1. The number of hydrogen-bond donors (Lipinski definition) is 1. The van der Waals surface area contributed by atoms with Gasteiger partial charge in [-0.1, -0.05) is 0 Å². The Balaban J connectivity index is 1.82. The normalized spacial score (nSPS) is 18.0. The van der Waals surface area contributed by atoms with E-state index >= 15 is 0 Å². The molecular weight excluding hydrogens is 192 g/mol. The minimum atomic E-state index is 0.465. The molecule has 0 amide bonds. The molecule has 84 valence electrons. The zero-order chi connectivity index (χ0) is 10.7. The molecule has 0 aliphatic heterocycles. The van der Waals surface area contributed by atoms with E-state index in [9.17, 15) is 0 Å². The Morgan fingerprint density at radius 1 is 1.67 bits per heavy atom. The Kier molecular flexibility index (Phi) is 3.33. The lowest BCUT2D eigenvalue weighted by atomic mass is 10.2. The number of aromatic nitrogens is 3. The predicted octanol–water partition coefficient (Wildman–Crippen LogP) is 0.330. The third kappa shape index (κ3) is 2.76. The van der Waals surface area contributed by atoms with E-state index in [4.69, 9.17) is 4.74 Å². The smallest absolute Gasteiger partial charge is 0.140 e. The van der Waals surface area contributed by atoms with Crippen molar-refractivity contribution in [3.63, 3.8) is 0 Å². The highest BCUT2D eigenvalue weighted by molar-refractivity contribution is 4.89. The highest BCUT2D eigenvalue weighted by Crippen LogP contribution is 2.32. The van der Waals surface area contributed by atoms with Gasteiger partial charge in [0.25, 0.3) is 0 Å². The number of ether oxygens (including phenoxy) is 1. The van der Waals surface area contributed by atoms with Crippen LogP contribution in [0.25, 0.3) is 0 Å². The highest BCUT2D eigenvalue weighted by Gasteiger charge is 2.30. The molecule has 1 atom stereocenters. The van der Waals surface area contributed by atoms with E-state index in [2.05, 4.69) is 15.4 Å². The third-order valence-electron chi connectivity index (χ3n) is 2.86. The summed E-state index contributed by atoms with van der Waals surface area (Å²) in [7, 11) is 3.66. The first kappa shape index (κ1) is 10.6. The van der Waals surface area contributed by atoms with Gasteiger partial charge in [0, 0.05) is 20.2 Å². The molecule has 5 heteroatoms. The Hall–Kier alpha value is -0.940. The van der Waals surface area contributed by atoms with Crippen molar-refractivity contribution >= 4 is 0 Å². The Morgan fingerprint density at radius 2 is 2.47 bits per heavy atom. The molecule has 1 aromatic rings. The number of nitrogens with one attached hydrogen (secondary N) is 1. The van der Waals surface area contributed by atoms with Gasteiger partial charge in [-0.2, -0.15) is 5.10 Å². The Bertz CT molecular complexity index is 308. The van der Waals surface area contributed by atoms with E-state index in [1.807, 2.05) is 7.05 Å². The zero-order valence-corrected chi connectivity index (χ0v) is 9.31. The van der Waals surface area contributed by atoms with Crippen molar-refractivity contribution in [3.8, 4) is 0 Å². The maximum atomic E-state index is 5.20. The van der Waals surface area contributed by atoms with Crippen LogP contribution in [0.4, 0.5) is 0 Å². The maximum absolute atomic E-state index is 5.20.